The number of halogens is 1. The Labute approximate surface area is 185 Å². The van der Waals surface area contributed by atoms with Gasteiger partial charge in [-0.3, -0.25) is 4.98 Å². The Morgan fingerprint density at radius 3 is 2.81 bits per heavy atom. The maximum absolute atomic E-state index is 11.5. The number of imidazole rings is 1. The molecule has 0 bridgehead atoms. The van der Waals surface area contributed by atoms with Crippen molar-refractivity contribution in [1.82, 2.24) is 29.5 Å². The van der Waals surface area contributed by atoms with E-state index in [2.05, 4.69) is 25.4 Å². The summed E-state index contributed by atoms with van der Waals surface area (Å²) in [5.41, 5.74) is 1.55. The normalized spacial score (nSPS) is 18.4. The van der Waals surface area contributed by atoms with Gasteiger partial charge in [0.15, 0.2) is 5.65 Å². The lowest BCUT2D eigenvalue weighted by Gasteiger charge is -2.18. The molecule has 2 fully saturated rings. The molecule has 2 saturated carbocycles. The Morgan fingerprint density at radius 1 is 1.28 bits per heavy atom. The van der Waals surface area contributed by atoms with Crippen molar-refractivity contribution in [1.29, 1.82) is 0 Å². The largest absolute Gasteiger partial charge is 0.493 e. The smallest absolute Gasteiger partial charge is 0.326 e. The number of anilines is 1. The van der Waals surface area contributed by atoms with Crippen LogP contribution in [0.15, 0.2) is 40.2 Å². The van der Waals surface area contributed by atoms with Crippen LogP contribution in [0.4, 0.5) is 5.95 Å². The van der Waals surface area contributed by atoms with Gasteiger partial charge in [-0.15, -0.1) is 0 Å². The molecule has 0 aliphatic heterocycles. The quantitative estimate of drug-likeness (QED) is 0.361. The predicted octanol–water partition coefficient (Wildman–Crippen LogP) is 1.21. The molecule has 1 aromatic carbocycles. The number of H-pyrrole nitrogens is 2. The molecule has 2 aliphatic rings. The van der Waals surface area contributed by atoms with E-state index in [1.165, 1.54) is 0 Å². The molecule has 0 spiro atoms. The fraction of sp³-hybridized carbons (Fsp3) is 0.286. The fourth-order valence-electron chi connectivity index (χ4n) is 3.75. The Balaban J connectivity index is 1.49. The van der Waals surface area contributed by atoms with E-state index in [9.17, 15) is 9.90 Å². The van der Waals surface area contributed by atoms with Gasteiger partial charge in [0.25, 0.3) is 5.62 Å². The lowest BCUT2D eigenvalue weighted by molar-refractivity contribution is 0.454. The van der Waals surface area contributed by atoms with E-state index in [1.807, 2.05) is 24.3 Å². The highest BCUT2D eigenvalue weighted by Gasteiger charge is 2.45. The van der Waals surface area contributed by atoms with Gasteiger partial charge in [-0.05, 0) is 49.5 Å². The molecule has 162 valence electrons. The third-order valence-electron chi connectivity index (χ3n) is 5.74. The van der Waals surface area contributed by atoms with Crippen LogP contribution in [0.2, 0.25) is 5.02 Å². The first-order valence-corrected chi connectivity index (χ1v) is 10.7. The van der Waals surface area contributed by atoms with Crippen molar-refractivity contribution in [2.45, 2.75) is 37.3 Å². The second-order valence-corrected chi connectivity index (χ2v) is 8.68. The number of hydrogen-bond acceptors (Lipinski definition) is 7. The van der Waals surface area contributed by atoms with Gasteiger partial charge in [0.1, 0.15) is 5.69 Å². The second-order valence-electron chi connectivity index (χ2n) is 8.25. The van der Waals surface area contributed by atoms with Crippen molar-refractivity contribution < 1.29 is 5.11 Å². The lowest BCUT2D eigenvalue weighted by Crippen LogP contribution is -2.28. The van der Waals surface area contributed by atoms with E-state index in [4.69, 9.17) is 21.6 Å². The van der Waals surface area contributed by atoms with E-state index in [0.717, 1.165) is 31.2 Å². The number of hydrogen-bond donors (Lipinski definition) is 4. The van der Waals surface area contributed by atoms with Gasteiger partial charge < -0.3 is 15.4 Å². The molecule has 3 aromatic heterocycles. The summed E-state index contributed by atoms with van der Waals surface area (Å²) in [7, 11) is 0. The Kier molecular flexibility index (Phi) is 4.12. The summed E-state index contributed by atoms with van der Waals surface area (Å²) in [6.45, 7) is 0. The molecular weight excluding hydrogens is 432 g/mol. The van der Waals surface area contributed by atoms with Crippen LogP contribution < -0.4 is 21.8 Å². The highest BCUT2D eigenvalue weighted by molar-refractivity contribution is 6.30. The predicted molar refractivity (Wildman–Crippen MR) is 117 cm³/mol. The molecule has 0 radical (unpaired) electrons. The molecule has 0 unspecified atom stereocenters. The minimum atomic E-state index is -0.496. The molecule has 32 heavy (non-hydrogen) atoms. The van der Waals surface area contributed by atoms with Crippen molar-refractivity contribution >= 4 is 29.3 Å². The van der Waals surface area contributed by atoms with Gasteiger partial charge in [-0.2, -0.15) is 19.6 Å². The standard InChI is InChI=1S/C21H19ClN8O2/c22-13-3-1-2-12(9-13)21(6-7-21)29-18-26-16-11(8-15-17(31)27-20(32)25-15)10-23-30(16)19(28-18)24-14-4-5-14/h1-3,8-10,14,31H,4-7H2,(H,24,28,29)(H2,25,27,32)/b11-8-. The first-order chi connectivity index (χ1) is 15.5. The number of rotatable bonds is 5. The molecule has 0 atom stereocenters. The summed E-state index contributed by atoms with van der Waals surface area (Å²) in [4.78, 5) is 30.4. The molecule has 4 N–H and O–H groups in total. The van der Waals surface area contributed by atoms with Gasteiger partial charge >= 0.3 is 5.69 Å². The van der Waals surface area contributed by atoms with Gasteiger partial charge in [0.05, 0.1) is 17.8 Å². The van der Waals surface area contributed by atoms with E-state index in [-0.39, 0.29) is 23.2 Å². The first kappa shape index (κ1) is 19.1. The molecule has 10 nitrogen and oxygen atoms in total. The van der Waals surface area contributed by atoms with Gasteiger partial charge in [-0.1, -0.05) is 23.7 Å². The number of aromatic amines is 2. The third-order valence-corrected chi connectivity index (χ3v) is 5.97. The van der Waals surface area contributed by atoms with Crippen LogP contribution in [0, 0.1) is 0 Å². The number of nitrogens with one attached hydrogen (secondary N) is 3. The fourth-order valence-corrected chi connectivity index (χ4v) is 3.94. The zero-order chi connectivity index (χ0) is 21.9. The van der Waals surface area contributed by atoms with E-state index in [0.29, 0.717) is 27.5 Å². The topological polar surface area (TPSA) is 136 Å². The average molecular weight is 451 g/mol. The van der Waals surface area contributed by atoms with Crippen molar-refractivity contribution in [2.24, 2.45) is 4.99 Å². The SMILES string of the molecule is O=c1[nH]c(O)c(/C=c2/cnn3c(=NC4CC4)nc(NC4(c5cccc(Cl)c5)CC4)nc23)[nH]1. The van der Waals surface area contributed by atoms with Crippen LogP contribution in [0.5, 0.6) is 5.88 Å². The van der Waals surface area contributed by atoms with Crippen LogP contribution in [0.1, 0.15) is 36.9 Å². The minimum Gasteiger partial charge on any atom is -0.493 e. The Bertz CT molecular complexity index is 1530. The van der Waals surface area contributed by atoms with Crippen molar-refractivity contribution in [3.05, 3.63) is 68.1 Å². The monoisotopic (exact) mass is 450 g/mol. The minimum absolute atomic E-state index is 0.241. The van der Waals surface area contributed by atoms with Gasteiger partial charge in [-0.25, -0.2) is 9.79 Å². The summed E-state index contributed by atoms with van der Waals surface area (Å²) < 4.78 is 1.58. The summed E-state index contributed by atoms with van der Waals surface area (Å²) >= 11 is 6.21. The lowest BCUT2D eigenvalue weighted by atomic mass is 10.1. The zero-order valence-corrected chi connectivity index (χ0v) is 17.6. The van der Waals surface area contributed by atoms with E-state index >= 15 is 0 Å². The van der Waals surface area contributed by atoms with Crippen LogP contribution in [0.3, 0.4) is 0 Å². The summed E-state index contributed by atoms with van der Waals surface area (Å²) in [6, 6.07) is 8.03. The molecule has 3 heterocycles. The van der Waals surface area contributed by atoms with Crippen LogP contribution >= 0.6 is 11.6 Å². The zero-order valence-electron chi connectivity index (χ0n) is 16.8. The van der Waals surface area contributed by atoms with E-state index < -0.39 is 5.69 Å². The van der Waals surface area contributed by atoms with Gasteiger partial charge in [0.2, 0.25) is 11.8 Å². The maximum atomic E-state index is 11.5. The van der Waals surface area contributed by atoms with Crippen molar-refractivity contribution in [3.8, 4) is 5.88 Å². The average Bonchev–Trinajstić information content (AvgIpc) is 3.66. The van der Waals surface area contributed by atoms with Crippen LogP contribution in [-0.4, -0.2) is 40.7 Å². The first-order valence-electron chi connectivity index (χ1n) is 10.4. The number of benzene rings is 1. The van der Waals surface area contributed by atoms with Crippen LogP contribution in [-0.2, 0) is 5.54 Å². The Hall–Kier alpha value is -3.66. The summed E-state index contributed by atoms with van der Waals surface area (Å²) in [6.07, 6.45) is 7.14. The third kappa shape index (κ3) is 3.42. The maximum Gasteiger partial charge on any atom is 0.326 e. The molecule has 11 heteroatoms. The van der Waals surface area contributed by atoms with Crippen LogP contribution in [0.25, 0.3) is 11.7 Å². The van der Waals surface area contributed by atoms with Crippen molar-refractivity contribution in [2.75, 3.05) is 5.32 Å². The highest BCUT2D eigenvalue weighted by atomic mass is 35.5. The second kappa shape index (κ2) is 6.92. The highest BCUT2D eigenvalue weighted by Crippen LogP contribution is 2.48. The summed E-state index contributed by atoms with van der Waals surface area (Å²) in [5.74, 6) is 0.193. The molecule has 6 rings (SSSR count). The molecule has 0 amide bonds. The molecular formula is C21H19ClN8O2. The number of nitrogens with zero attached hydrogens (tertiary/aromatic N) is 5. The molecule has 4 aromatic rings. The molecule has 2 aliphatic carbocycles. The number of fused-ring (bicyclic) bond motifs is 1. The molecule has 0 saturated heterocycles. The van der Waals surface area contributed by atoms with E-state index in [1.54, 1.807) is 16.8 Å². The van der Waals surface area contributed by atoms with Crippen molar-refractivity contribution in [3.63, 3.8) is 0 Å². The summed E-state index contributed by atoms with van der Waals surface area (Å²) in [5, 5.41) is 19.1. The Morgan fingerprint density at radius 2 is 2.12 bits per heavy atom. The number of aromatic hydroxyl groups is 1. The number of aromatic nitrogens is 6. The van der Waals surface area contributed by atoms with Gasteiger partial charge in [0, 0.05) is 10.2 Å².